The highest BCUT2D eigenvalue weighted by Crippen LogP contribution is 2.49. The van der Waals surface area contributed by atoms with E-state index in [9.17, 15) is 48.3 Å². The van der Waals surface area contributed by atoms with Crippen molar-refractivity contribution < 1.29 is 76.7 Å². The van der Waals surface area contributed by atoms with Crippen molar-refractivity contribution in [2.75, 3.05) is 51.7 Å². The number of unbranched alkanes of at least 4 members (excludes halogenated alkanes) is 2. The van der Waals surface area contributed by atoms with Crippen LogP contribution < -0.4 is 31.3 Å². The van der Waals surface area contributed by atoms with Crippen molar-refractivity contribution >= 4 is 86.6 Å². The fourth-order valence-corrected chi connectivity index (χ4v) is 11.2. The third-order valence-corrected chi connectivity index (χ3v) is 17.5. The number of fused-ring (bicyclic) bond motifs is 5. The average Bonchev–Trinajstić information content (AvgIpc) is 1.59. The molecule has 3 aliphatic rings. The molecule has 2 aromatic carbocycles. The van der Waals surface area contributed by atoms with E-state index in [4.69, 9.17) is 45.8 Å². The number of esters is 2. The number of urea groups is 1. The SMILES string of the molecule is C=C(CBr)C(=O)OCCCCCC(=O)C[C@H](C(=O)N[C@@H](CCCNC(N)=O)C(=O)Cc1ccc(C(=O)N(C)[C@@H](C)C(=O)O[C@H]2CC(=O)N(C)c3cc(cc(C)c3Cl)C/C(C)=C/C=C/[C@@H](OC)[C@@]3(O)C[C@H](OC(=O)N3)[C@@H](C)[C@@H]3O[C@@]23C)c(OC)c1)C(C)C. The topological polar surface area (TPSA) is 301 Å². The van der Waals surface area contributed by atoms with E-state index in [1.165, 1.54) is 45.2 Å². The zero-order valence-electron chi connectivity index (χ0n) is 51.7. The number of alkyl carbamates (subject to hydrolysis) is 1. The van der Waals surface area contributed by atoms with E-state index in [1.807, 2.05) is 45.9 Å². The lowest BCUT2D eigenvalue weighted by molar-refractivity contribution is -0.158. The van der Waals surface area contributed by atoms with Crippen LogP contribution in [0.5, 0.6) is 5.75 Å². The molecule has 0 aliphatic carbocycles. The molecular weight excluding hydrogens is 1210 g/mol. The summed E-state index contributed by atoms with van der Waals surface area (Å²) in [6.45, 7) is 16.2. The van der Waals surface area contributed by atoms with Crippen molar-refractivity contribution in [3.8, 4) is 5.75 Å². The van der Waals surface area contributed by atoms with E-state index in [1.54, 1.807) is 39.1 Å². The fraction of sp³-hybridized carbons (Fsp3) is 0.571. The number of nitrogens with one attached hydrogen (secondary N) is 3. The molecule has 2 fully saturated rings. The lowest BCUT2D eigenvalue weighted by Gasteiger charge is -2.42. The first-order valence-electron chi connectivity index (χ1n) is 29.2. The number of ether oxygens (including phenoxy) is 6. The number of halogens is 2. The van der Waals surface area contributed by atoms with Crippen molar-refractivity contribution in [1.82, 2.24) is 20.9 Å². The number of likely N-dealkylation sites (N-methyl/N-ethyl adjacent to an activating group) is 1. The first kappa shape index (κ1) is 71.1. The Bertz CT molecular complexity index is 2950. The number of rotatable bonds is 26. The molecule has 4 bridgehead atoms. The second-order valence-electron chi connectivity index (χ2n) is 23.4. The number of alkyl halides is 1. The highest BCUT2D eigenvalue weighted by molar-refractivity contribution is 9.09. The number of benzene rings is 2. The molecule has 2 saturated heterocycles. The lowest BCUT2D eigenvalue weighted by atomic mass is 9.83. The quantitative estimate of drug-likeness (QED) is 0.0152. The third kappa shape index (κ3) is 19.2. The number of methoxy groups -OCH3 is 2. The van der Waals surface area contributed by atoms with Crippen LogP contribution in [0, 0.1) is 24.7 Å². The normalized spacial score (nSPS) is 24.1. The molecule has 0 aromatic heterocycles. The minimum absolute atomic E-state index is 0.0283. The molecule has 10 atom stereocenters. The van der Waals surface area contributed by atoms with Crippen LogP contribution in [0.3, 0.4) is 0 Å². The smallest absolute Gasteiger partial charge is 0.409 e. The summed E-state index contributed by atoms with van der Waals surface area (Å²) in [5.74, 6) is -5.14. The zero-order chi connectivity index (χ0) is 64.7. The summed E-state index contributed by atoms with van der Waals surface area (Å²) in [4.78, 5) is 124. The van der Waals surface area contributed by atoms with Crippen molar-refractivity contribution in [1.29, 1.82) is 0 Å². The van der Waals surface area contributed by atoms with Gasteiger partial charge in [0.05, 0.1) is 48.6 Å². The second kappa shape index (κ2) is 32.0. The number of anilines is 1. The van der Waals surface area contributed by atoms with Gasteiger partial charge < -0.3 is 59.7 Å². The van der Waals surface area contributed by atoms with E-state index in [0.717, 1.165) is 21.6 Å². The largest absolute Gasteiger partial charge is 0.496 e. The number of amides is 6. The number of aryl methyl sites for hydroxylation is 1. The van der Waals surface area contributed by atoms with E-state index in [2.05, 4.69) is 38.5 Å². The number of Topliss-reactive ketones (excluding diaryl/α,β-unsaturated/α-hetero) is 2. The van der Waals surface area contributed by atoms with E-state index in [-0.39, 0.29) is 74.7 Å². The van der Waals surface area contributed by atoms with Crippen LogP contribution in [0.4, 0.5) is 15.3 Å². The van der Waals surface area contributed by atoms with E-state index >= 15 is 0 Å². The van der Waals surface area contributed by atoms with Crippen molar-refractivity contribution in [3.63, 3.8) is 0 Å². The molecule has 478 valence electrons. The van der Waals surface area contributed by atoms with Crippen LogP contribution in [-0.4, -0.2) is 158 Å². The van der Waals surface area contributed by atoms with Crippen LogP contribution in [0.2, 0.25) is 5.02 Å². The Balaban J connectivity index is 1.33. The molecule has 0 radical (unpaired) electrons. The molecule has 22 nitrogen and oxygen atoms in total. The molecule has 5 rings (SSSR count). The number of ketones is 2. The van der Waals surface area contributed by atoms with Crippen LogP contribution in [0.1, 0.15) is 126 Å². The van der Waals surface area contributed by atoms with Gasteiger partial charge in [0, 0.05) is 76.2 Å². The number of aliphatic hydroxyl groups is 1. The van der Waals surface area contributed by atoms with Gasteiger partial charge in [0.15, 0.2) is 11.5 Å². The summed E-state index contributed by atoms with van der Waals surface area (Å²) in [7, 11) is 5.71. The highest BCUT2D eigenvalue weighted by Gasteiger charge is 2.64. The summed E-state index contributed by atoms with van der Waals surface area (Å²) in [5.41, 5.74) is 5.68. The number of epoxide rings is 1. The van der Waals surface area contributed by atoms with Gasteiger partial charge in [0.2, 0.25) is 11.8 Å². The Morgan fingerprint density at radius 1 is 1.05 bits per heavy atom. The lowest BCUT2D eigenvalue weighted by Crippen LogP contribution is -2.63. The van der Waals surface area contributed by atoms with Crippen LogP contribution >= 0.6 is 27.5 Å². The van der Waals surface area contributed by atoms with Crippen molar-refractivity contribution in [2.24, 2.45) is 23.5 Å². The monoisotopic (exact) mass is 1300 g/mol. The van der Waals surface area contributed by atoms with Gasteiger partial charge in [0.25, 0.3) is 5.91 Å². The number of carbonyl (C=O) groups excluding carboxylic acids is 9. The van der Waals surface area contributed by atoms with Gasteiger partial charge in [-0.15, -0.1) is 0 Å². The molecule has 6 amide bonds. The van der Waals surface area contributed by atoms with Gasteiger partial charge in [-0.25, -0.2) is 19.2 Å². The molecular formula is C63H86BrClN6O16. The van der Waals surface area contributed by atoms with Crippen molar-refractivity contribution in [3.05, 3.63) is 93.6 Å². The van der Waals surface area contributed by atoms with Gasteiger partial charge in [-0.2, -0.15) is 0 Å². The van der Waals surface area contributed by atoms with Crippen LogP contribution in [0.25, 0.3) is 0 Å². The number of carbonyl (C=O) groups is 9. The summed E-state index contributed by atoms with van der Waals surface area (Å²) < 4.78 is 34.9. The minimum Gasteiger partial charge on any atom is -0.496 e. The van der Waals surface area contributed by atoms with E-state index in [0.29, 0.717) is 52.9 Å². The highest BCUT2D eigenvalue weighted by atomic mass is 79.9. The molecule has 6 N–H and O–H groups in total. The zero-order valence-corrected chi connectivity index (χ0v) is 54.1. The van der Waals surface area contributed by atoms with Gasteiger partial charge in [0.1, 0.15) is 41.5 Å². The Labute approximate surface area is 523 Å². The first-order valence-corrected chi connectivity index (χ1v) is 30.7. The fourth-order valence-electron chi connectivity index (χ4n) is 10.8. The van der Waals surface area contributed by atoms with Gasteiger partial charge in [-0.3, -0.25) is 29.3 Å². The summed E-state index contributed by atoms with van der Waals surface area (Å²) in [6.07, 6.45) is 2.30. The molecule has 0 unspecified atom stereocenters. The Kier molecular flexibility index (Phi) is 26.2. The number of allylic oxidation sites excluding steroid dienone is 3. The minimum atomic E-state index is -1.90. The van der Waals surface area contributed by atoms with Gasteiger partial charge >= 0.3 is 24.1 Å². The van der Waals surface area contributed by atoms with Gasteiger partial charge in [-0.05, 0) is 107 Å². The van der Waals surface area contributed by atoms with Crippen molar-refractivity contribution in [2.45, 2.75) is 167 Å². The number of hydrogen-bond donors (Lipinski definition) is 5. The molecule has 0 spiro atoms. The summed E-state index contributed by atoms with van der Waals surface area (Å²) in [6, 6.07) is 5.15. The number of hydrogen-bond acceptors (Lipinski definition) is 16. The molecule has 2 aromatic rings. The van der Waals surface area contributed by atoms with Crippen LogP contribution in [0.15, 0.2) is 66.3 Å². The first-order chi connectivity index (χ1) is 41.0. The molecule has 3 heterocycles. The molecule has 24 heteroatoms. The maximum absolute atomic E-state index is 14.5. The summed E-state index contributed by atoms with van der Waals surface area (Å²) >= 11 is 10.0. The summed E-state index contributed by atoms with van der Waals surface area (Å²) in [5, 5.41) is 20.4. The van der Waals surface area contributed by atoms with Gasteiger partial charge in [-0.1, -0.05) is 90.8 Å². The number of nitrogens with two attached hydrogens (primary N) is 1. The van der Waals surface area contributed by atoms with E-state index < -0.39 is 114 Å². The third-order valence-electron chi connectivity index (χ3n) is 16.4. The number of nitrogens with zero attached hydrogens (tertiary/aromatic N) is 2. The maximum atomic E-state index is 14.5. The second-order valence-corrected chi connectivity index (χ2v) is 24.3. The predicted molar refractivity (Wildman–Crippen MR) is 329 cm³/mol. The average molecular weight is 1300 g/mol. The Hall–Kier alpha value is -6.66. The number of primary amides is 1. The Morgan fingerprint density at radius 3 is 2.41 bits per heavy atom. The molecule has 0 saturated carbocycles. The maximum Gasteiger partial charge on any atom is 0.409 e. The Morgan fingerprint density at radius 2 is 1.76 bits per heavy atom. The molecule has 3 aliphatic heterocycles. The standard InChI is InChI=1S/C63H86BrClN6O16/c1-35(2)45(31-43(72)19-14-13-15-25-84-58(77)38(5)34-64)56(75)68-46(20-17-24-67-60(66)79)48(73)29-41-22-23-44(49(30-41)82-11)57(76)70(9)40(7)59(78)86-52-32-53(74)71(10)47-28-42(27-37(4)54(47)65)26-36(3)18-16-21-51(83-12)63(81)33-50(85-61(80)69-63)39(6)55-62(52,8)87-55/h16,18,21-23,27-28,30,35,39-40,45-46,50-52,55,81H,5,13-15,17,19-20,24-26,29,31-34H2,1-4,6-12H3,(H,68,75)(H,69,80)(H3,66,67,79)/b21-16+,36-18+/t39-,40+,45+,46+,50+,51-,52+,55+,62+,63+/m1/s1. The predicted octanol–water partition coefficient (Wildman–Crippen LogP) is 7.47. The molecule has 87 heavy (non-hydrogen) atoms. The van der Waals surface area contributed by atoms with Crippen LogP contribution in [-0.2, 0) is 65.3 Å².